The number of carbonyl (C=O) groups is 1. The van der Waals surface area contributed by atoms with Gasteiger partial charge in [0.05, 0.1) is 7.11 Å². The number of rotatable bonds is 7. The van der Waals surface area contributed by atoms with Gasteiger partial charge in [-0.15, -0.1) is 23.5 Å². The Labute approximate surface area is 135 Å². The van der Waals surface area contributed by atoms with Gasteiger partial charge in [0.15, 0.2) is 5.78 Å². The average Bonchev–Trinajstić information content (AvgIpc) is 3.30. The largest absolute Gasteiger partial charge is 0.497 e. The summed E-state index contributed by atoms with van der Waals surface area (Å²) in [6.45, 7) is 0. The van der Waals surface area contributed by atoms with Crippen LogP contribution in [0.4, 0.5) is 0 Å². The molecule has 0 aliphatic heterocycles. The van der Waals surface area contributed by atoms with Crippen LogP contribution in [-0.2, 0) is 4.79 Å². The van der Waals surface area contributed by atoms with Crippen molar-refractivity contribution in [2.45, 2.75) is 6.42 Å². The van der Waals surface area contributed by atoms with Gasteiger partial charge in [0.1, 0.15) is 5.75 Å². The van der Waals surface area contributed by atoms with Crippen LogP contribution >= 0.6 is 23.5 Å². The van der Waals surface area contributed by atoms with Gasteiger partial charge in [0.25, 0.3) is 0 Å². The lowest BCUT2D eigenvalue weighted by molar-refractivity contribution is -0.115. The molecule has 1 aromatic rings. The molecule has 0 heterocycles. The Balaban J connectivity index is 1.90. The van der Waals surface area contributed by atoms with E-state index in [1.165, 1.54) is 0 Å². The molecule has 21 heavy (non-hydrogen) atoms. The molecule has 2 nitrogen and oxygen atoms in total. The Kier molecular flexibility index (Phi) is 6.00. The van der Waals surface area contributed by atoms with Crippen LogP contribution in [-0.4, -0.2) is 25.4 Å². The quantitative estimate of drug-likeness (QED) is 0.692. The summed E-state index contributed by atoms with van der Waals surface area (Å²) in [6.07, 6.45) is 11.0. The number of thioether (sulfide) groups is 2. The second kappa shape index (κ2) is 7.76. The van der Waals surface area contributed by atoms with Gasteiger partial charge in [0.2, 0.25) is 0 Å². The highest BCUT2D eigenvalue weighted by Gasteiger charge is 2.39. The maximum atomic E-state index is 12.1. The third-order valence-electron chi connectivity index (χ3n) is 3.52. The second-order valence-corrected chi connectivity index (χ2v) is 6.87. The van der Waals surface area contributed by atoms with Crippen LogP contribution in [0.3, 0.4) is 0 Å². The summed E-state index contributed by atoms with van der Waals surface area (Å²) in [5.74, 6) is 1.69. The first-order chi connectivity index (χ1) is 10.2. The minimum atomic E-state index is 0.175. The number of benzene rings is 1. The molecule has 1 saturated carbocycles. The van der Waals surface area contributed by atoms with Crippen molar-refractivity contribution in [1.82, 2.24) is 0 Å². The van der Waals surface area contributed by atoms with Gasteiger partial charge in [-0.2, -0.15) is 0 Å². The van der Waals surface area contributed by atoms with Crippen LogP contribution in [0.2, 0.25) is 0 Å². The van der Waals surface area contributed by atoms with Crippen molar-refractivity contribution >= 4 is 35.4 Å². The van der Waals surface area contributed by atoms with Crippen LogP contribution in [0, 0.1) is 11.8 Å². The number of allylic oxidation sites excluding steroid dienone is 2. The zero-order chi connectivity index (χ0) is 15.2. The average molecular weight is 320 g/mol. The molecule has 0 radical (unpaired) electrons. The molecular weight excluding hydrogens is 300 g/mol. The van der Waals surface area contributed by atoms with E-state index < -0.39 is 0 Å². The molecule has 1 fully saturated rings. The van der Waals surface area contributed by atoms with Crippen molar-refractivity contribution in [2.24, 2.45) is 11.8 Å². The molecule has 112 valence electrons. The van der Waals surface area contributed by atoms with Gasteiger partial charge in [-0.1, -0.05) is 24.3 Å². The van der Waals surface area contributed by atoms with Crippen molar-refractivity contribution in [1.29, 1.82) is 0 Å². The van der Waals surface area contributed by atoms with Gasteiger partial charge in [0, 0.05) is 16.2 Å². The van der Waals surface area contributed by atoms with E-state index in [4.69, 9.17) is 4.74 Å². The molecule has 0 saturated heterocycles. The Hall–Kier alpha value is -1.13. The van der Waals surface area contributed by atoms with E-state index in [9.17, 15) is 4.79 Å². The molecule has 0 spiro atoms. The number of hydrogen-bond acceptors (Lipinski definition) is 4. The normalized spacial score (nSPS) is 20.3. The minimum absolute atomic E-state index is 0.175. The molecule has 1 aliphatic carbocycles. The summed E-state index contributed by atoms with van der Waals surface area (Å²) >= 11 is 3.26. The van der Waals surface area contributed by atoms with E-state index >= 15 is 0 Å². The van der Waals surface area contributed by atoms with E-state index in [1.807, 2.05) is 36.8 Å². The molecule has 0 N–H and O–H groups in total. The van der Waals surface area contributed by atoms with Crippen LogP contribution in [0.5, 0.6) is 5.75 Å². The highest BCUT2D eigenvalue weighted by molar-refractivity contribution is 8.21. The number of methoxy groups -OCH3 is 1. The van der Waals surface area contributed by atoms with E-state index in [-0.39, 0.29) is 11.7 Å². The monoisotopic (exact) mass is 320 g/mol. The van der Waals surface area contributed by atoms with Crippen molar-refractivity contribution < 1.29 is 9.53 Å². The van der Waals surface area contributed by atoms with Crippen LogP contribution in [0.1, 0.15) is 12.0 Å². The van der Waals surface area contributed by atoms with Crippen molar-refractivity contribution in [2.75, 3.05) is 19.6 Å². The second-order valence-electron chi connectivity index (χ2n) is 4.91. The van der Waals surface area contributed by atoms with E-state index in [1.54, 1.807) is 36.7 Å². The van der Waals surface area contributed by atoms with Crippen LogP contribution < -0.4 is 4.74 Å². The first-order valence-corrected chi connectivity index (χ1v) is 9.28. The van der Waals surface area contributed by atoms with Gasteiger partial charge >= 0.3 is 0 Å². The lowest BCUT2D eigenvalue weighted by Crippen LogP contribution is -1.97. The molecule has 2 rings (SSSR count). The lowest BCUT2D eigenvalue weighted by Gasteiger charge is -1.99. The summed E-state index contributed by atoms with van der Waals surface area (Å²) in [6, 6.07) is 7.93. The summed E-state index contributed by atoms with van der Waals surface area (Å²) < 4.78 is 6.22. The fraction of sp³-hybridized carbons (Fsp3) is 0.353. The Morgan fingerprint density at radius 3 is 2.48 bits per heavy atom. The summed E-state index contributed by atoms with van der Waals surface area (Å²) in [5, 5.41) is 0. The highest BCUT2D eigenvalue weighted by Crippen LogP contribution is 2.42. The Morgan fingerprint density at radius 1 is 1.24 bits per heavy atom. The SMILES string of the molecule is COc1ccc(/C=C/[C@@H]2C[C@H]2C(=O)C=C(SC)SC)cc1. The molecule has 0 bridgehead atoms. The third-order valence-corrected chi connectivity index (χ3v) is 5.56. The first-order valence-electron chi connectivity index (χ1n) is 6.83. The first kappa shape index (κ1) is 16.2. The molecule has 2 atom stereocenters. The van der Waals surface area contributed by atoms with Crippen LogP contribution in [0.15, 0.2) is 40.7 Å². The molecule has 1 aromatic carbocycles. The van der Waals surface area contributed by atoms with Gasteiger partial charge in [-0.05, 0) is 42.5 Å². The zero-order valence-corrected chi connectivity index (χ0v) is 14.2. The van der Waals surface area contributed by atoms with Crippen LogP contribution in [0.25, 0.3) is 6.08 Å². The Bertz CT molecular complexity index is 540. The highest BCUT2D eigenvalue weighted by atomic mass is 32.2. The number of hydrogen-bond donors (Lipinski definition) is 0. The fourth-order valence-electron chi connectivity index (χ4n) is 2.13. The lowest BCUT2D eigenvalue weighted by atomic mass is 10.1. The van der Waals surface area contributed by atoms with Gasteiger partial charge in [-0.25, -0.2) is 0 Å². The Morgan fingerprint density at radius 2 is 1.90 bits per heavy atom. The molecule has 4 heteroatoms. The molecule has 0 aromatic heterocycles. The molecule has 0 unspecified atom stereocenters. The maximum Gasteiger partial charge on any atom is 0.161 e. The molecule has 1 aliphatic rings. The predicted molar refractivity (Wildman–Crippen MR) is 93.7 cm³/mol. The van der Waals surface area contributed by atoms with Gasteiger partial charge < -0.3 is 4.74 Å². The number of ketones is 1. The zero-order valence-electron chi connectivity index (χ0n) is 12.5. The summed E-state index contributed by atoms with van der Waals surface area (Å²) in [7, 11) is 1.66. The van der Waals surface area contributed by atoms with Crippen molar-refractivity contribution in [3.8, 4) is 5.75 Å². The standard InChI is InChI=1S/C17H20O2S2/c1-19-14-8-5-12(6-9-14)4-7-13-10-15(13)16(18)11-17(20-2)21-3/h4-9,11,13,15H,10H2,1-3H3/b7-4+/t13-,15-/m1/s1. The maximum absolute atomic E-state index is 12.1. The van der Waals surface area contributed by atoms with E-state index in [2.05, 4.69) is 12.2 Å². The molecule has 0 amide bonds. The summed E-state index contributed by atoms with van der Waals surface area (Å²) in [4.78, 5) is 12.1. The third kappa shape index (κ3) is 4.68. The fourth-order valence-corrected chi connectivity index (χ4v) is 3.26. The summed E-state index contributed by atoms with van der Waals surface area (Å²) in [5.41, 5.74) is 1.14. The molecular formula is C17H20O2S2. The smallest absolute Gasteiger partial charge is 0.161 e. The minimum Gasteiger partial charge on any atom is -0.497 e. The number of carbonyl (C=O) groups excluding carboxylic acids is 1. The van der Waals surface area contributed by atoms with Crippen molar-refractivity contribution in [3.63, 3.8) is 0 Å². The van der Waals surface area contributed by atoms with Crippen molar-refractivity contribution in [3.05, 3.63) is 46.2 Å². The topological polar surface area (TPSA) is 26.3 Å². The van der Waals surface area contributed by atoms with Gasteiger partial charge in [-0.3, -0.25) is 4.79 Å². The predicted octanol–water partition coefficient (Wildman–Crippen LogP) is 4.48. The van der Waals surface area contributed by atoms with E-state index in [0.717, 1.165) is 22.0 Å². The van der Waals surface area contributed by atoms with E-state index in [0.29, 0.717) is 5.92 Å². The number of ether oxygens (including phenoxy) is 1.